The maximum atomic E-state index is 6.11. The summed E-state index contributed by atoms with van der Waals surface area (Å²) in [6.45, 7) is 3.26. The standard InChI is InChI=1S/C16H25NOS/c1-13(11-15-5-4-10-19-15)17-14-6-9-18-16(12-14)7-2-3-8-16/h4-5,10,13-14,17H,2-3,6-9,11-12H2,1H3. The highest BCUT2D eigenvalue weighted by Gasteiger charge is 2.39. The predicted octanol–water partition coefficient (Wildman–Crippen LogP) is 3.76. The Bertz CT molecular complexity index is 383. The van der Waals surface area contributed by atoms with Gasteiger partial charge in [-0.05, 0) is 50.5 Å². The molecule has 2 nitrogen and oxygen atoms in total. The summed E-state index contributed by atoms with van der Waals surface area (Å²) in [7, 11) is 0. The van der Waals surface area contributed by atoms with E-state index in [2.05, 4.69) is 29.8 Å². The first-order valence-electron chi connectivity index (χ1n) is 7.68. The van der Waals surface area contributed by atoms with Crippen LogP contribution < -0.4 is 5.32 Å². The first-order valence-corrected chi connectivity index (χ1v) is 8.56. The molecule has 0 amide bonds. The van der Waals surface area contributed by atoms with E-state index in [1.807, 2.05) is 11.3 Å². The fourth-order valence-corrected chi connectivity index (χ4v) is 4.56. The van der Waals surface area contributed by atoms with Gasteiger partial charge in [-0.15, -0.1) is 11.3 Å². The van der Waals surface area contributed by atoms with Crippen LogP contribution in [0.2, 0.25) is 0 Å². The van der Waals surface area contributed by atoms with Crippen LogP contribution in [-0.4, -0.2) is 24.3 Å². The quantitative estimate of drug-likeness (QED) is 0.906. The van der Waals surface area contributed by atoms with Crippen molar-refractivity contribution in [2.24, 2.45) is 0 Å². The molecule has 2 heterocycles. The Hall–Kier alpha value is -0.380. The highest BCUT2D eigenvalue weighted by atomic mass is 32.1. The van der Waals surface area contributed by atoms with E-state index in [4.69, 9.17) is 4.74 Å². The van der Waals surface area contributed by atoms with E-state index in [9.17, 15) is 0 Å². The van der Waals surface area contributed by atoms with Crippen LogP contribution in [0.25, 0.3) is 0 Å². The normalized spacial score (nSPS) is 27.7. The van der Waals surface area contributed by atoms with Gasteiger partial charge in [0.15, 0.2) is 0 Å². The molecule has 1 aromatic heterocycles. The van der Waals surface area contributed by atoms with E-state index in [1.54, 1.807) is 0 Å². The van der Waals surface area contributed by atoms with E-state index in [0.717, 1.165) is 13.0 Å². The largest absolute Gasteiger partial charge is 0.375 e. The van der Waals surface area contributed by atoms with Gasteiger partial charge in [0.05, 0.1) is 5.60 Å². The average Bonchev–Trinajstić information content (AvgIpc) is 3.02. The van der Waals surface area contributed by atoms with Gasteiger partial charge in [0.25, 0.3) is 0 Å². The van der Waals surface area contributed by atoms with Gasteiger partial charge >= 0.3 is 0 Å². The van der Waals surface area contributed by atoms with Crippen molar-refractivity contribution in [2.45, 2.75) is 69.6 Å². The summed E-state index contributed by atoms with van der Waals surface area (Å²) in [6, 6.07) is 5.61. The monoisotopic (exact) mass is 279 g/mol. The minimum atomic E-state index is 0.235. The van der Waals surface area contributed by atoms with Gasteiger partial charge < -0.3 is 10.1 Å². The molecular weight excluding hydrogens is 254 g/mol. The van der Waals surface area contributed by atoms with E-state index >= 15 is 0 Å². The molecule has 1 saturated heterocycles. The summed E-state index contributed by atoms with van der Waals surface area (Å²) >= 11 is 1.87. The van der Waals surface area contributed by atoms with Gasteiger partial charge in [-0.2, -0.15) is 0 Å². The number of rotatable bonds is 4. The molecule has 1 aromatic rings. The maximum Gasteiger partial charge on any atom is 0.0697 e. The van der Waals surface area contributed by atoms with Crippen molar-refractivity contribution < 1.29 is 4.74 Å². The topological polar surface area (TPSA) is 21.3 Å². The summed E-state index contributed by atoms with van der Waals surface area (Å²) in [5.74, 6) is 0. The molecule has 2 aliphatic rings. The van der Waals surface area contributed by atoms with Crippen LogP contribution in [0.3, 0.4) is 0 Å². The molecule has 0 bridgehead atoms. The smallest absolute Gasteiger partial charge is 0.0697 e. The van der Waals surface area contributed by atoms with Crippen molar-refractivity contribution in [3.63, 3.8) is 0 Å². The SMILES string of the molecule is CC(Cc1cccs1)NC1CCOC2(CCCC2)C1. The zero-order valence-electron chi connectivity index (χ0n) is 11.9. The minimum Gasteiger partial charge on any atom is -0.375 e. The molecule has 1 aliphatic heterocycles. The third kappa shape index (κ3) is 3.39. The van der Waals surface area contributed by atoms with Crippen molar-refractivity contribution in [3.05, 3.63) is 22.4 Å². The first kappa shape index (κ1) is 13.6. The zero-order chi connectivity index (χ0) is 13.1. The molecule has 2 unspecified atom stereocenters. The lowest BCUT2D eigenvalue weighted by molar-refractivity contribution is -0.0845. The van der Waals surface area contributed by atoms with Crippen molar-refractivity contribution in [1.82, 2.24) is 5.32 Å². The number of hydrogen-bond acceptors (Lipinski definition) is 3. The molecule has 1 aliphatic carbocycles. The summed E-state index contributed by atoms with van der Waals surface area (Å²) < 4.78 is 6.11. The van der Waals surface area contributed by atoms with Crippen LogP contribution in [-0.2, 0) is 11.2 Å². The molecule has 1 N–H and O–H groups in total. The number of hydrogen-bond donors (Lipinski definition) is 1. The number of ether oxygens (including phenoxy) is 1. The molecule has 1 saturated carbocycles. The van der Waals surface area contributed by atoms with E-state index in [0.29, 0.717) is 12.1 Å². The van der Waals surface area contributed by atoms with Gasteiger partial charge in [-0.25, -0.2) is 0 Å². The number of nitrogens with one attached hydrogen (secondary N) is 1. The molecule has 2 fully saturated rings. The third-order valence-electron chi connectivity index (χ3n) is 4.62. The maximum absolute atomic E-state index is 6.11. The van der Waals surface area contributed by atoms with Gasteiger partial charge in [0.1, 0.15) is 0 Å². The summed E-state index contributed by atoms with van der Waals surface area (Å²) in [5.41, 5.74) is 0.235. The van der Waals surface area contributed by atoms with Crippen LogP contribution in [0.1, 0.15) is 50.3 Å². The Morgan fingerprint density at radius 3 is 3.05 bits per heavy atom. The Balaban J connectivity index is 1.51. The Morgan fingerprint density at radius 2 is 2.32 bits per heavy atom. The third-order valence-corrected chi connectivity index (χ3v) is 5.51. The van der Waals surface area contributed by atoms with Crippen LogP contribution in [0.5, 0.6) is 0 Å². The van der Waals surface area contributed by atoms with Gasteiger partial charge in [-0.3, -0.25) is 0 Å². The van der Waals surface area contributed by atoms with Crippen molar-refractivity contribution in [1.29, 1.82) is 0 Å². The zero-order valence-corrected chi connectivity index (χ0v) is 12.7. The lowest BCUT2D eigenvalue weighted by atomic mass is 9.88. The second kappa shape index (κ2) is 5.94. The molecule has 3 rings (SSSR count). The second-order valence-electron chi connectivity index (χ2n) is 6.28. The highest BCUT2D eigenvalue weighted by molar-refractivity contribution is 7.09. The predicted molar refractivity (Wildman–Crippen MR) is 80.8 cm³/mol. The van der Waals surface area contributed by atoms with Crippen molar-refractivity contribution >= 4 is 11.3 Å². The fourth-order valence-electron chi connectivity index (χ4n) is 3.73. The minimum absolute atomic E-state index is 0.235. The number of thiophene rings is 1. The lowest BCUT2D eigenvalue weighted by Gasteiger charge is -2.39. The Morgan fingerprint density at radius 1 is 1.47 bits per heavy atom. The van der Waals surface area contributed by atoms with Gasteiger partial charge in [0.2, 0.25) is 0 Å². The van der Waals surface area contributed by atoms with E-state index in [-0.39, 0.29) is 5.60 Å². The highest BCUT2D eigenvalue weighted by Crippen LogP contribution is 2.40. The fraction of sp³-hybridized carbons (Fsp3) is 0.750. The Labute approximate surface area is 120 Å². The van der Waals surface area contributed by atoms with Crippen LogP contribution in [0.15, 0.2) is 17.5 Å². The van der Waals surface area contributed by atoms with Crippen molar-refractivity contribution in [3.8, 4) is 0 Å². The van der Waals surface area contributed by atoms with Crippen LogP contribution in [0, 0.1) is 0 Å². The van der Waals surface area contributed by atoms with Crippen LogP contribution in [0.4, 0.5) is 0 Å². The van der Waals surface area contributed by atoms with E-state index in [1.165, 1.54) is 43.4 Å². The van der Waals surface area contributed by atoms with Crippen LogP contribution >= 0.6 is 11.3 Å². The van der Waals surface area contributed by atoms with Crippen molar-refractivity contribution in [2.75, 3.05) is 6.61 Å². The summed E-state index contributed by atoms with van der Waals surface area (Å²) in [4.78, 5) is 1.49. The molecule has 0 aromatic carbocycles. The molecule has 3 heteroatoms. The molecule has 0 radical (unpaired) electrons. The molecular formula is C16H25NOS. The average molecular weight is 279 g/mol. The Kier molecular flexibility index (Phi) is 4.25. The molecule has 2 atom stereocenters. The molecule has 1 spiro atoms. The van der Waals surface area contributed by atoms with E-state index < -0.39 is 0 Å². The first-order chi connectivity index (χ1) is 9.26. The second-order valence-corrected chi connectivity index (χ2v) is 7.31. The summed E-state index contributed by atoms with van der Waals surface area (Å²) in [6.07, 6.45) is 8.84. The van der Waals surface area contributed by atoms with Gasteiger partial charge in [-0.1, -0.05) is 18.9 Å². The lowest BCUT2D eigenvalue weighted by Crippen LogP contribution is -2.48. The molecule has 106 valence electrons. The summed E-state index contributed by atoms with van der Waals surface area (Å²) in [5, 5.41) is 6.01. The molecule has 19 heavy (non-hydrogen) atoms. The van der Waals surface area contributed by atoms with Gasteiger partial charge in [0, 0.05) is 23.6 Å².